The summed E-state index contributed by atoms with van der Waals surface area (Å²) in [6.07, 6.45) is 0. The van der Waals surface area contributed by atoms with Crippen LogP contribution in [0.3, 0.4) is 0 Å². The number of benzene rings is 1. The van der Waals surface area contributed by atoms with Gasteiger partial charge in [0, 0.05) is 29.5 Å². The Morgan fingerprint density at radius 1 is 1.58 bits per heavy atom. The molecule has 3 nitrogen and oxygen atoms in total. The Morgan fingerprint density at radius 2 is 2.26 bits per heavy atom. The molecule has 1 amide bonds. The minimum atomic E-state index is -0.277. The maximum atomic E-state index is 13.7. The molecule has 1 unspecified atom stereocenters. The second kappa shape index (κ2) is 6.01. The zero-order valence-corrected chi connectivity index (χ0v) is 12.7. The van der Waals surface area contributed by atoms with Crippen molar-refractivity contribution < 1.29 is 9.18 Å². The van der Waals surface area contributed by atoms with Crippen LogP contribution in [-0.4, -0.2) is 30.9 Å². The first-order valence-corrected chi connectivity index (χ1v) is 7.18. The molecule has 1 heterocycles. The van der Waals surface area contributed by atoms with Gasteiger partial charge in [0.25, 0.3) is 0 Å². The first kappa shape index (κ1) is 14.5. The molecule has 1 aliphatic rings. The third-order valence-corrected chi connectivity index (χ3v) is 4.19. The molecule has 1 atom stereocenters. The van der Waals surface area contributed by atoms with Crippen LogP contribution in [0.25, 0.3) is 0 Å². The van der Waals surface area contributed by atoms with Crippen molar-refractivity contribution in [3.8, 4) is 0 Å². The normalized spacial score (nSPS) is 16.8. The third-order valence-electron chi connectivity index (χ3n) is 3.70. The van der Waals surface area contributed by atoms with Gasteiger partial charge in [-0.1, -0.05) is 22.9 Å². The maximum absolute atomic E-state index is 13.7. The van der Waals surface area contributed by atoms with Crippen LogP contribution in [0.2, 0.25) is 0 Å². The van der Waals surface area contributed by atoms with Crippen molar-refractivity contribution in [2.45, 2.75) is 13.5 Å². The first-order chi connectivity index (χ1) is 8.99. The molecule has 0 saturated carbocycles. The lowest BCUT2D eigenvalue weighted by atomic mass is 9.88. The van der Waals surface area contributed by atoms with Gasteiger partial charge in [-0.3, -0.25) is 4.79 Å². The Hall–Kier alpha value is -0.940. The van der Waals surface area contributed by atoms with Crippen LogP contribution in [0.15, 0.2) is 22.7 Å². The maximum Gasteiger partial charge on any atom is 0.225 e. The highest BCUT2D eigenvalue weighted by molar-refractivity contribution is 9.10. The fraction of sp³-hybridized carbons (Fsp3) is 0.500. The standard InChI is InChI=1S/C14H18BrFN2O/c1-9(11-6-17-7-11)14(19)18(2)8-10-5-12(15)3-4-13(10)16/h3-5,9,11,17H,6-8H2,1-2H3. The van der Waals surface area contributed by atoms with Gasteiger partial charge >= 0.3 is 0 Å². The molecule has 1 saturated heterocycles. The number of carbonyl (C=O) groups is 1. The summed E-state index contributed by atoms with van der Waals surface area (Å²) in [6.45, 7) is 4.04. The van der Waals surface area contributed by atoms with Crippen LogP contribution in [0.4, 0.5) is 4.39 Å². The second-order valence-electron chi connectivity index (χ2n) is 5.14. The van der Waals surface area contributed by atoms with Crippen molar-refractivity contribution in [2.24, 2.45) is 11.8 Å². The lowest BCUT2D eigenvalue weighted by molar-refractivity contribution is -0.136. The molecular weight excluding hydrogens is 311 g/mol. The fourth-order valence-electron chi connectivity index (χ4n) is 2.21. The third kappa shape index (κ3) is 3.34. The predicted octanol–water partition coefficient (Wildman–Crippen LogP) is 2.40. The van der Waals surface area contributed by atoms with Crippen LogP contribution in [-0.2, 0) is 11.3 Å². The van der Waals surface area contributed by atoms with Gasteiger partial charge < -0.3 is 10.2 Å². The number of carbonyl (C=O) groups excluding carboxylic acids is 1. The van der Waals surface area contributed by atoms with E-state index in [0.29, 0.717) is 18.0 Å². The minimum Gasteiger partial charge on any atom is -0.341 e. The van der Waals surface area contributed by atoms with E-state index in [2.05, 4.69) is 21.2 Å². The average Bonchev–Trinajstić information content (AvgIpc) is 2.30. The van der Waals surface area contributed by atoms with E-state index in [1.165, 1.54) is 6.07 Å². The summed E-state index contributed by atoms with van der Waals surface area (Å²) in [7, 11) is 1.73. The highest BCUT2D eigenvalue weighted by Gasteiger charge is 2.30. The monoisotopic (exact) mass is 328 g/mol. The van der Waals surface area contributed by atoms with Crippen molar-refractivity contribution in [3.05, 3.63) is 34.1 Å². The summed E-state index contributed by atoms with van der Waals surface area (Å²) in [5.74, 6) is 0.190. The summed E-state index contributed by atoms with van der Waals surface area (Å²) >= 11 is 3.32. The molecule has 1 aromatic rings. The van der Waals surface area contributed by atoms with Crippen LogP contribution in [0, 0.1) is 17.7 Å². The molecule has 5 heteroatoms. The zero-order valence-electron chi connectivity index (χ0n) is 11.1. The van der Waals surface area contributed by atoms with Gasteiger partial charge in [0.2, 0.25) is 5.91 Å². The molecule has 104 valence electrons. The van der Waals surface area contributed by atoms with E-state index in [1.54, 1.807) is 24.1 Å². The van der Waals surface area contributed by atoms with Gasteiger partial charge in [-0.25, -0.2) is 4.39 Å². The largest absolute Gasteiger partial charge is 0.341 e. The van der Waals surface area contributed by atoms with Gasteiger partial charge in [-0.2, -0.15) is 0 Å². The highest BCUT2D eigenvalue weighted by atomic mass is 79.9. The molecule has 1 fully saturated rings. The van der Waals surface area contributed by atoms with Crippen LogP contribution in [0.5, 0.6) is 0 Å². The van der Waals surface area contributed by atoms with Gasteiger partial charge in [0.15, 0.2) is 0 Å². The highest BCUT2D eigenvalue weighted by Crippen LogP contribution is 2.21. The van der Waals surface area contributed by atoms with E-state index in [9.17, 15) is 9.18 Å². The topological polar surface area (TPSA) is 32.3 Å². The van der Waals surface area contributed by atoms with E-state index in [4.69, 9.17) is 0 Å². The Kier molecular flexibility index (Phi) is 4.58. The van der Waals surface area contributed by atoms with Crippen molar-refractivity contribution in [2.75, 3.05) is 20.1 Å². The SMILES string of the molecule is CC(C(=O)N(C)Cc1cc(Br)ccc1F)C1CNC1. The molecular formula is C14H18BrFN2O. The Morgan fingerprint density at radius 3 is 2.84 bits per heavy atom. The van der Waals surface area contributed by atoms with E-state index in [0.717, 1.165) is 17.6 Å². The molecule has 1 N–H and O–H groups in total. The first-order valence-electron chi connectivity index (χ1n) is 6.38. The lowest BCUT2D eigenvalue weighted by Crippen LogP contribution is -2.49. The average molecular weight is 329 g/mol. The summed E-state index contributed by atoms with van der Waals surface area (Å²) in [4.78, 5) is 13.8. The van der Waals surface area contributed by atoms with Crippen LogP contribution < -0.4 is 5.32 Å². The summed E-state index contributed by atoms with van der Waals surface area (Å²) in [5.41, 5.74) is 0.532. The second-order valence-corrected chi connectivity index (χ2v) is 6.05. The number of amides is 1. The number of halogens is 2. The Labute approximate surface area is 121 Å². The number of nitrogens with zero attached hydrogens (tertiary/aromatic N) is 1. The molecule has 1 aromatic carbocycles. The van der Waals surface area contributed by atoms with E-state index >= 15 is 0 Å². The van der Waals surface area contributed by atoms with E-state index < -0.39 is 0 Å². The van der Waals surface area contributed by atoms with Crippen LogP contribution >= 0.6 is 15.9 Å². The smallest absolute Gasteiger partial charge is 0.225 e. The Bertz CT molecular complexity index is 477. The van der Waals surface area contributed by atoms with Crippen molar-refractivity contribution in [3.63, 3.8) is 0 Å². The molecule has 0 radical (unpaired) electrons. The molecule has 0 aromatic heterocycles. The van der Waals surface area contributed by atoms with Gasteiger partial charge in [-0.15, -0.1) is 0 Å². The molecule has 0 aliphatic carbocycles. The number of nitrogens with one attached hydrogen (secondary N) is 1. The van der Waals surface area contributed by atoms with E-state index in [1.807, 2.05) is 6.92 Å². The van der Waals surface area contributed by atoms with E-state index in [-0.39, 0.29) is 17.6 Å². The number of hydrogen-bond acceptors (Lipinski definition) is 2. The number of rotatable bonds is 4. The van der Waals surface area contributed by atoms with Crippen molar-refractivity contribution in [1.82, 2.24) is 10.2 Å². The minimum absolute atomic E-state index is 0.0125. The molecule has 0 bridgehead atoms. The molecule has 1 aliphatic heterocycles. The quantitative estimate of drug-likeness (QED) is 0.920. The van der Waals surface area contributed by atoms with Crippen LogP contribution in [0.1, 0.15) is 12.5 Å². The molecule has 2 rings (SSSR count). The summed E-state index contributed by atoms with van der Waals surface area (Å²) in [5, 5.41) is 3.17. The summed E-state index contributed by atoms with van der Waals surface area (Å²) < 4.78 is 14.5. The Balaban J connectivity index is 2.01. The lowest BCUT2D eigenvalue weighted by Gasteiger charge is -2.34. The fourth-order valence-corrected chi connectivity index (χ4v) is 2.62. The molecule has 0 spiro atoms. The van der Waals surface area contributed by atoms with Gasteiger partial charge in [0.05, 0.1) is 0 Å². The number of hydrogen-bond donors (Lipinski definition) is 1. The molecule has 19 heavy (non-hydrogen) atoms. The van der Waals surface area contributed by atoms with Gasteiger partial charge in [0.1, 0.15) is 5.82 Å². The zero-order chi connectivity index (χ0) is 14.0. The summed E-state index contributed by atoms with van der Waals surface area (Å²) in [6, 6.07) is 4.79. The van der Waals surface area contributed by atoms with Crippen molar-refractivity contribution in [1.29, 1.82) is 0 Å². The predicted molar refractivity (Wildman–Crippen MR) is 76.1 cm³/mol. The van der Waals surface area contributed by atoms with Crippen molar-refractivity contribution >= 4 is 21.8 Å². The van der Waals surface area contributed by atoms with Gasteiger partial charge in [-0.05, 0) is 37.2 Å².